The maximum atomic E-state index is 10.5. The Labute approximate surface area is 78.8 Å². The zero-order valence-corrected chi connectivity index (χ0v) is 8.15. The molecule has 1 aromatic rings. The normalized spacial score (nSPS) is 12.9. The quantitative estimate of drug-likeness (QED) is 0.752. The Morgan fingerprint density at radius 2 is 2.25 bits per heavy atom. The van der Waals surface area contributed by atoms with Crippen LogP contribution in [0.5, 0.6) is 0 Å². The first-order valence-corrected chi connectivity index (χ1v) is 5.07. The summed E-state index contributed by atoms with van der Waals surface area (Å²) in [6.45, 7) is 1.92. The first-order valence-electron chi connectivity index (χ1n) is 3.42. The van der Waals surface area contributed by atoms with Gasteiger partial charge in [0.15, 0.2) is 11.1 Å². The van der Waals surface area contributed by atoms with Gasteiger partial charge in [-0.2, -0.15) is 0 Å². The lowest BCUT2D eigenvalue weighted by molar-refractivity contribution is 0.563. The van der Waals surface area contributed by atoms with Crippen molar-refractivity contribution in [1.29, 1.82) is 0 Å². The molecule has 1 aromatic carbocycles. The van der Waals surface area contributed by atoms with Gasteiger partial charge in [-0.25, -0.2) is 4.21 Å². The molecule has 2 nitrogen and oxygen atoms in total. The van der Waals surface area contributed by atoms with Gasteiger partial charge in [0.05, 0.1) is 5.75 Å². The van der Waals surface area contributed by atoms with Crippen LogP contribution in [0.3, 0.4) is 0 Å². The highest BCUT2D eigenvalue weighted by molar-refractivity contribution is 7.78. The highest BCUT2D eigenvalue weighted by Crippen LogP contribution is 2.18. The molecule has 0 bridgehead atoms. The molecule has 0 heterocycles. The van der Waals surface area contributed by atoms with E-state index < -0.39 is 11.1 Å². The van der Waals surface area contributed by atoms with E-state index in [1.165, 1.54) is 0 Å². The van der Waals surface area contributed by atoms with Crippen molar-refractivity contribution < 1.29 is 8.76 Å². The van der Waals surface area contributed by atoms with E-state index in [0.717, 1.165) is 5.56 Å². The Kier molecular flexibility index (Phi) is 3.26. The molecule has 0 saturated carbocycles. The van der Waals surface area contributed by atoms with Crippen molar-refractivity contribution in [3.63, 3.8) is 0 Å². The molecule has 1 N–H and O–H groups in total. The van der Waals surface area contributed by atoms with Crippen molar-refractivity contribution >= 4 is 22.7 Å². The fourth-order valence-electron chi connectivity index (χ4n) is 0.902. The van der Waals surface area contributed by atoms with E-state index in [-0.39, 0.29) is 5.75 Å². The summed E-state index contributed by atoms with van der Waals surface area (Å²) in [6, 6.07) is 5.42. The van der Waals surface area contributed by atoms with Gasteiger partial charge in [0.25, 0.3) is 0 Å². The molecule has 4 heteroatoms. The number of benzene rings is 1. The van der Waals surface area contributed by atoms with E-state index in [1.54, 1.807) is 12.1 Å². The van der Waals surface area contributed by atoms with E-state index in [2.05, 4.69) is 0 Å². The van der Waals surface area contributed by atoms with Gasteiger partial charge in [0.2, 0.25) is 0 Å². The van der Waals surface area contributed by atoms with Crippen LogP contribution < -0.4 is 0 Å². The molecule has 1 rings (SSSR count). The van der Waals surface area contributed by atoms with Gasteiger partial charge in [-0.1, -0.05) is 23.7 Å². The maximum Gasteiger partial charge on any atom is 0.157 e. The monoisotopic (exact) mass is 204 g/mol. The van der Waals surface area contributed by atoms with Gasteiger partial charge in [-0.15, -0.1) is 0 Å². The molecule has 1 atom stereocenters. The first kappa shape index (κ1) is 9.71. The minimum Gasteiger partial charge on any atom is -0.306 e. The van der Waals surface area contributed by atoms with Crippen LogP contribution in [0.25, 0.3) is 0 Å². The fourth-order valence-corrected chi connectivity index (χ4v) is 1.80. The molecule has 0 radical (unpaired) electrons. The second-order valence-electron chi connectivity index (χ2n) is 2.56. The topological polar surface area (TPSA) is 37.3 Å². The first-order chi connectivity index (χ1) is 5.59. The van der Waals surface area contributed by atoms with Gasteiger partial charge in [0.1, 0.15) is 0 Å². The van der Waals surface area contributed by atoms with Crippen molar-refractivity contribution in [1.82, 2.24) is 0 Å². The standard InChI is InChI=1S/C8H9ClO2S/c1-6-2-3-7(5-12(10)11)8(9)4-6/h2-4H,5H2,1H3,(H,10,11). The third kappa shape index (κ3) is 2.59. The summed E-state index contributed by atoms with van der Waals surface area (Å²) in [4.78, 5) is 0. The van der Waals surface area contributed by atoms with Crippen LogP contribution in [-0.4, -0.2) is 8.76 Å². The minimum absolute atomic E-state index is 0.0963. The number of hydrogen-bond acceptors (Lipinski definition) is 1. The summed E-state index contributed by atoms with van der Waals surface area (Å²) >= 11 is 4.01. The third-order valence-corrected chi connectivity index (χ3v) is 2.40. The number of hydrogen-bond donors (Lipinski definition) is 1. The van der Waals surface area contributed by atoms with Gasteiger partial charge in [0, 0.05) is 5.02 Å². The second-order valence-corrected chi connectivity index (χ2v) is 3.90. The number of aryl methyl sites for hydroxylation is 1. The lowest BCUT2D eigenvalue weighted by Crippen LogP contribution is -1.93. The summed E-state index contributed by atoms with van der Waals surface area (Å²) in [5.74, 6) is 0.0963. The Morgan fingerprint density at radius 1 is 1.58 bits per heavy atom. The van der Waals surface area contributed by atoms with E-state index in [0.29, 0.717) is 10.6 Å². The summed E-state index contributed by atoms with van der Waals surface area (Å²) in [5.41, 5.74) is 1.76. The van der Waals surface area contributed by atoms with Crippen molar-refractivity contribution in [3.8, 4) is 0 Å². The second kappa shape index (κ2) is 4.03. The predicted molar refractivity (Wildman–Crippen MR) is 50.7 cm³/mol. The largest absolute Gasteiger partial charge is 0.306 e. The molecule has 1 unspecified atom stereocenters. The molecule has 0 amide bonds. The van der Waals surface area contributed by atoms with E-state index in [9.17, 15) is 4.21 Å². The molecule has 0 aliphatic heterocycles. The lowest BCUT2D eigenvalue weighted by Gasteiger charge is -2.01. The highest BCUT2D eigenvalue weighted by atomic mass is 35.5. The molecule has 0 spiro atoms. The summed E-state index contributed by atoms with van der Waals surface area (Å²) in [7, 11) is 0. The van der Waals surface area contributed by atoms with Gasteiger partial charge in [-0.05, 0) is 24.1 Å². The Hall–Kier alpha value is -0.380. The fraction of sp³-hybridized carbons (Fsp3) is 0.250. The van der Waals surface area contributed by atoms with Crippen LogP contribution >= 0.6 is 11.6 Å². The molecule has 0 aromatic heterocycles. The van der Waals surface area contributed by atoms with Crippen LogP contribution in [0, 0.1) is 6.92 Å². The SMILES string of the molecule is Cc1ccc(CS(=O)O)c(Cl)c1. The molecular weight excluding hydrogens is 196 g/mol. The molecule has 0 saturated heterocycles. The summed E-state index contributed by atoms with van der Waals surface area (Å²) < 4.78 is 19.1. The van der Waals surface area contributed by atoms with Crippen molar-refractivity contribution in [2.24, 2.45) is 0 Å². The zero-order valence-electron chi connectivity index (χ0n) is 6.58. The highest BCUT2D eigenvalue weighted by Gasteiger charge is 2.02. The van der Waals surface area contributed by atoms with E-state index in [1.807, 2.05) is 13.0 Å². The molecule has 66 valence electrons. The average Bonchev–Trinajstić information content (AvgIpc) is 1.94. The number of halogens is 1. The Morgan fingerprint density at radius 3 is 2.75 bits per heavy atom. The number of rotatable bonds is 2. The Bertz CT molecular complexity index is 312. The summed E-state index contributed by atoms with van der Waals surface area (Å²) in [6.07, 6.45) is 0. The van der Waals surface area contributed by atoms with Crippen molar-refractivity contribution in [3.05, 3.63) is 34.3 Å². The van der Waals surface area contributed by atoms with E-state index in [4.69, 9.17) is 16.2 Å². The minimum atomic E-state index is -1.82. The predicted octanol–water partition coefficient (Wildman–Crippen LogP) is 2.37. The molecule has 12 heavy (non-hydrogen) atoms. The van der Waals surface area contributed by atoms with Crippen LogP contribution in [0.2, 0.25) is 5.02 Å². The van der Waals surface area contributed by atoms with Gasteiger partial charge >= 0.3 is 0 Å². The average molecular weight is 205 g/mol. The smallest absolute Gasteiger partial charge is 0.157 e. The van der Waals surface area contributed by atoms with E-state index >= 15 is 0 Å². The lowest BCUT2D eigenvalue weighted by atomic mass is 10.2. The zero-order chi connectivity index (χ0) is 9.14. The molecule has 0 fully saturated rings. The van der Waals surface area contributed by atoms with Crippen molar-refractivity contribution in [2.45, 2.75) is 12.7 Å². The van der Waals surface area contributed by atoms with Crippen molar-refractivity contribution in [2.75, 3.05) is 0 Å². The summed E-state index contributed by atoms with van der Waals surface area (Å²) in [5, 5.41) is 0.553. The van der Waals surface area contributed by atoms with Crippen LogP contribution in [0.1, 0.15) is 11.1 Å². The molecule has 0 aliphatic rings. The third-order valence-electron chi connectivity index (χ3n) is 1.49. The molecular formula is C8H9ClO2S. The van der Waals surface area contributed by atoms with Gasteiger partial charge in [-0.3, -0.25) is 0 Å². The van der Waals surface area contributed by atoms with Gasteiger partial charge < -0.3 is 4.55 Å². The Balaban J connectivity index is 2.93. The maximum absolute atomic E-state index is 10.5. The van der Waals surface area contributed by atoms with Crippen LogP contribution in [0.4, 0.5) is 0 Å². The van der Waals surface area contributed by atoms with Crippen LogP contribution in [0.15, 0.2) is 18.2 Å². The van der Waals surface area contributed by atoms with Crippen LogP contribution in [-0.2, 0) is 16.8 Å². The molecule has 0 aliphatic carbocycles.